The van der Waals surface area contributed by atoms with Crippen LogP contribution in [0.5, 0.6) is 0 Å². The third-order valence-corrected chi connectivity index (χ3v) is 2.02. The average molecular weight is 166 g/mol. The maximum Gasteiger partial charge on any atom is 0.0796 e. The van der Waals surface area contributed by atoms with Gasteiger partial charge in [0.15, 0.2) is 0 Å². The molecule has 0 amide bonds. The Morgan fingerprint density at radius 1 is 1.42 bits per heavy atom. The molecule has 0 fully saturated rings. The Kier molecular flexibility index (Phi) is 3.26. The molecule has 0 aliphatic rings. The molecule has 1 aromatic carbocycles. The first-order chi connectivity index (χ1) is 5.79. The lowest BCUT2D eigenvalue weighted by Crippen LogP contribution is -2.00. The standard InChI is InChI=1S/C10H14O2/c1-8(12-2)10-6-4-3-5-9(10)7-11/h3-6,8,11H,7H2,1-2H3. The molecule has 0 bridgehead atoms. The minimum atomic E-state index is 0.0494. The van der Waals surface area contributed by atoms with Crippen molar-refractivity contribution in [2.45, 2.75) is 19.6 Å². The van der Waals surface area contributed by atoms with Gasteiger partial charge in [-0.05, 0) is 18.1 Å². The van der Waals surface area contributed by atoms with E-state index in [0.29, 0.717) is 0 Å². The summed E-state index contributed by atoms with van der Waals surface area (Å²) >= 11 is 0. The number of methoxy groups -OCH3 is 1. The van der Waals surface area contributed by atoms with Crippen LogP contribution in [0.1, 0.15) is 24.2 Å². The molecule has 2 nitrogen and oxygen atoms in total. The molecule has 0 saturated heterocycles. The van der Waals surface area contributed by atoms with Gasteiger partial charge < -0.3 is 9.84 Å². The zero-order valence-corrected chi connectivity index (χ0v) is 7.45. The van der Waals surface area contributed by atoms with Gasteiger partial charge in [-0.15, -0.1) is 0 Å². The van der Waals surface area contributed by atoms with Crippen molar-refractivity contribution in [1.82, 2.24) is 0 Å². The van der Waals surface area contributed by atoms with Crippen LogP contribution in [0.25, 0.3) is 0 Å². The van der Waals surface area contributed by atoms with Gasteiger partial charge in [-0.2, -0.15) is 0 Å². The number of ether oxygens (including phenoxy) is 1. The number of rotatable bonds is 3. The summed E-state index contributed by atoms with van der Waals surface area (Å²) < 4.78 is 5.17. The van der Waals surface area contributed by atoms with Gasteiger partial charge in [-0.1, -0.05) is 24.3 Å². The molecule has 0 aliphatic heterocycles. The highest BCUT2D eigenvalue weighted by Crippen LogP contribution is 2.19. The van der Waals surface area contributed by atoms with Gasteiger partial charge in [-0.3, -0.25) is 0 Å². The first-order valence-electron chi connectivity index (χ1n) is 4.01. The molecule has 0 aliphatic carbocycles. The average Bonchev–Trinajstić information content (AvgIpc) is 2.16. The number of aliphatic hydroxyl groups excluding tert-OH is 1. The molecule has 1 unspecified atom stereocenters. The fourth-order valence-corrected chi connectivity index (χ4v) is 1.20. The van der Waals surface area contributed by atoms with Crippen molar-refractivity contribution in [2.24, 2.45) is 0 Å². The van der Waals surface area contributed by atoms with Crippen LogP contribution in [0, 0.1) is 0 Å². The summed E-state index contributed by atoms with van der Waals surface area (Å²) in [7, 11) is 1.67. The Morgan fingerprint density at radius 3 is 2.67 bits per heavy atom. The second kappa shape index (κ2) is 4.24. The molecule has 2 heteroatoms. The highest BCUT2D eigenvalue weighted by Gasteiger charge is 2.07. The van der Waals surface area contributed by atoms with E-state index in [1.165, 1.54) is 0 Å². The predicted octanol–water partition coefficient (Wildman–Crippen LogP) is 1.89. The molecule has 0 spiro atoms. The molecule has 0 radical (unpaired) electrons. The lowest BCUT2D eigenvalue weighted by Gasteiger charge is -2.13. The fourth-order valence-electron chi connectivity index (χ4n) is 1.20. The first kappa shape index (κ1) is 9.23. The van der Waals surface area contributed by atoms with Crippen molar-refractivity contribution < 1.29 is 9.84 Å². The molecule has 66 valence electrons. The Labute approximate surface area is 72.8 Å². The smallest absolute Gasteiger partial charge is 0.0796 e. The van der Waals surface area contributed by atoms with E-state index in [1.807, 2.05) is 31.2 Å². The topological polar surface area (TPSA) is 29.5 Å². The van der Waals surface area contributed by atoms with Crippen LogP contribution < -0.4 is 0 Å². The minimum absolute atomic E-state index is 0.0494. The first-order valence-corrected chi connectivity index (χ1v) is 4.01. The van der Waals surface area contributed by atoms with Crippen molar-refractivity contribution >= 4 is 0 Å². The van der Waals surface area contributed by atoms with Crippen LogP contribution in [-0.2, 0) is 11.3 Å². The Balaban J connectivity index is 2.96. The van der Waals surface area contributed by atoms with Gasteiger partial charge in [0.05, 0.1) is 12.7 Å². The lowest BCUT2D eigenvalue weighted by atomic mass is 10.0. The fraction of sp³-hybridized carbons (Fsp3) is 0.400. The SMILES string of the molecule is COC(C)c1ccccc1CO. The van der Waals surface area contributed by atoms with Gasteiger partial charge in [0.1, 0.15) is 0 Å². The van der Waals surface area contributed by atoms with Crippen molar-refractivity contribution in [3.63, 3.8) is 0 Å². The summed E-state index contributed by atoms with van der Waals surface area (Å²) in [6.07, 6.45) is 0.0494. The summed E-state index contributed by atoms with van der Waals surface area (Å²) in [5.74, 6) is 0. The Bertz CT molecular complexity index is 245. The molecule has 1 aromatic rings. The van der Waals surface area contributed by atoms with Gasteiger partial charge in [0.25, 0.3) is 0 Å². The largest absolute Gasteiger partial charge is 0.392 e. The second-order valence-corrected chi connectivity index (χ2v) is 2.73. The van der Waals surface area contributed by atoms with Crippen LogP contribution in [0.4, 0.5) is 0 Å². The minimum Gasteiger partial charge on any atom is -0.392 e. The van der Waals surface area contributed by atoms with Crippen LogP contribution in [0.3, 0.4) is 0 Å². The highest BCUT2D eigenvalue weighted by atomic mass is 16.5. The molecule has 1 atom stereocenters. The van der Waals surface area contributed by atoms with Crippen molar-refractivity contribution in [2.75, 3.05) is 7.11 Å². The molecule has 0 aromatic heterocycles. The molecule has 12 heavy (non-hydrogen) atoms. The van der Waals surface area contributed by atoms with Crippen molar-refractivity contribution in [1.29, 1.82) is 0 Å². The van der Waals surface area contributed by atoms with Crippen molar-refractivity contribution in [3.8, 4) is 0 Å². The number of benzene rings is 1. The Morgan fingerprint density at radius 2 is 2.08 bits per heavy atom. The molecular weight excluding hydrogens is 152 g/mol. The predicted molar refractivity (Wildman–Crippen MR) is 47.8 cm³/mol. The van der Waals surface area contributed by atoms with Gasteiger partial charge in [0, 0.05) is 7.11 Å². The molecule has 0 saturated carbocycles. The van der Waals surface area contributed by atoms with Gasteiger partial charge >= 0.3 is 0 Å². The normalized spacial score (nSPS) is 12.9. The maximum absolute atomic E-state index is 9.01. The zero-order valence-electron chi connectivity index (χ0n) is 7.45. The quantitative estimate of drug-likeness (QED) is 0.743. The van der Waals surface area contributed by atoms with E-state index in [-0.39, 0.29) is 12.7 Å². The Hall–Kier alpha value is -0.860. The number of hydrogen-bond donors (Lipinski definition) is 1. The van der Waals surface area contributed by atoms with E-state index in [1.54, 1.807) is 7.11 Å². The number of hydrogen-bond acceptors (Lipinski definition) is 2. The van der Waals surface area contributed by atoms with E-state index >= 15 is 0 Å². The molecule has 0 heterocycles. The summed E-state index contributed by atoms with van der Waals surface area (Å²) in [4.78, 5) is 0. The van der Waals surface area contributed by atoms with Crippen LogP contribution in [0.2, 0.25) is 0 Å². The molecule has 1 rings (SSSR count). The van der Waals surface area contributed by atoms with Crippen LogP contribution in [-0.4, -0.2) is 12.2 Å². The highest BCUT2D eigenvalue weighted by molar-refractivity contribution is 5.28. The van der Waals surface area contributed by atoms with E-state index in [4.69, 9.17) is 9.84 Å². The second-order valence-electron chi connectivity index (χ2n) is 2.73. The lowest BCUT2D eigenvalue weighted by molar-refractivity contribution is 0.117. The molecule has 1 N–H and O–H groups in total. The molecular formula is C10H14O2. The maximum atomic E-state index is 9.01. The van der Waals surface area contributed by atoms with E-state index in [0.717, 1.165) is 11.1 Å². The van der Waals surface area contributed by atoms with Crippen LogP contribution >= 0.6 is 0 Å². The summed E-state index contributed by atoms with van der Waals surface area (Å²) in [5.41, 5.74) is 1.99. The van der Waals surface area contributed by atoms with Gasteiger partial charge in [0.2, 0.25) is 0 Å². The summed E-state index contributed by atoms with van der Waals surface area (Å²) in [6.45, 7) is 2.04. The third kappa shape index (κ3) is 1.84. The van der Waals surface area contributed by atoms with E-state index in [9.17, 15) is 0 Å². The monoisotopic (exact) mass is 166 g/mol. The summed E-state index contributed by atoms with van der Waals surface area (Å²) in [6, 6.07) is 7.74. The third-order valence-electron chi connectivity index (χ3n) is 2.02. The summed E-state index contributed by atoms with van der Waals surface area (Å²) in [5, 5.41) is 9.01. The van der Waals surface area contributed by atoms with E-state index < -0.39 is 0 Å². The number of aliphatic hydroxyl groups is 1. The zero-order chi connectivity index (χ0) is 8.97. The van der Waals surface area contributed by atoms with Crippen molar-refractivity contribution in [3.05, 3.63) is 35.4 Å². The van der Waals surface area contributed by atoms with E-state index in [2.05, 4.69) is 0 Å². The van der Waals surface area contributed by atoms with Crippen LogP contribution in [0.15, 0.2) is 24.3 Å². The van der Waals surface area contributed by atoms with Gasteiger partial charge in [-0.25, -0.2) is 0 Å².